The van der Waals surface area contributed by atoms with Crippen molar-refractivity contribution in [2.45, 2.75) is 26.3 Å². The number of rotatable bonds is 5. The van der Waals surface area contributed by atoms with E-state index >= 15 is 0 Å². The number of aromatic nitrogens is 4. The highest BCUT2D eigenvalue weighted by atomic mass is 16.6. The molecule has 1 N–H and O–H groups in total. The Bertz CT molecular complexity index is 745. The largest absolute Gasteiger partial charge is 0.357 e. The van der Waals surface area contributed by atoms with Crippen molar-refractivity contribution in [2.75, 3.05) is 5.32 Å². The van der Waals surface area contributed by atoms with Gasteiger partial charge in [-0.3, -0.25) is 10.1 Å². The molecule has 2 aromatic rings. The van der Waals surface area contributed by atoms with E-state index in [0.29, 0.717) is 5.82 Å². The molecule has 2 rings (SSSR count). The maximum absolute atomic E-state index is 11.1. The highest BCUT2D eigenvalue weighted by molar-refractivity contribution is 5.63. The van der Waals surface area contributed by atoms with Crippen LogP contribution in [0.4, 0.5) is 11.5 Å². The van der Waals surface area contributed by atoms with Crippen LogP contribution in [0.2, 0.25) is 0 Å². The third-order valence-electron chi connectivity index (χ3n) is 3.16. The van der Waals surface area contributed by atoms with E-state index in [1.54, 1.807) is 6.07 Å². The minimum absolute atomic E-state index is 0.0386. The molecule has 22 heavy (non-hydrogen) atoms. The molecule has 0 spiro atoms. The van der Waals surface area contributed by atoms with E-state index in [0.717, 1.165) is 5.82 Å². The highest BCUT2D eigenvalue weighted by Crippen LogP contribution is 2.26. The Labute approximate surface area is 126 Å². The number of pyridine rings is 1. The van der Waals surface area contributed by atoms with E-state index in [1.165, 1.54) is 12.3 Å². The van der Waals surface area contributed by atoms with Crippen molar-refractivity contribution in [3.63, 3.8) is 0 Å². The number of nitro groups is 1. The van der Waals surface area contributed by atoms with E-state index in [9.17, 15) is 10.1 Å². The first-order chi connectivity index (χ1) is 10.5. The minimum Gasteiger partial charge on any atom is -0.357 e. The summed E-state index contributed by atoms with van der Waals surface area (Å²) in [6, 6.07) is 3.10. The Morgan fingerprint density at radius 1 is 1.50 bits per heavy atom. The molecule has 0 fully saturated rings. The van der Waals surface area contributed by atoms with Gasteiger partial charge in [0.25, 0.3) is 0 Å². The molecule has 9 heteroatoms. The van der Waals surface area contributed by atoms with Crippen LogP contribution in [0.1, 0.15) is 37.0 Å². The fraction of sp³-hybridized carbons (Fsp3) is 0.385. The Morgan fingerprint density at radius 2 is 2.23 bits per heavy atom. The van der Waals surface area contributed by atoms with Gasteiger partial charge in [0.15, 0.2) is 5.82 Å². The van der Waals surface area contributed by atoms with Crippen molar-refractivity contribution in [3.8, 4) is 6.07 Å². The molecule has 0 aliphatic heterocycles. The van der Waals surface area contributed by atoms with Crippen molar-refractivity contribution >= 4 is 11.5 Å². The number of nitriles is 1. The summed E-state index contributed by atoms with van der Waals surface area (Å²) in [5.74, 6) is 1.71. The summed E-state index contributed by atoms with van der Waals surface area (Å²) >= 11 is 0. The van der Waals surface area contributed by atoms with E-state index in [1.807, 2.05) is 25.5 Å². The fourth-order valence-corrected chi connectivity index (χ4v) is 2.05. The molecule has 0 saturated heterocycles. The van der Waals surface area contributed by atoms with Crippen LogP contribution in [-0.2, 0) is 13.6 Å². The Hall–Kier alpha value is -3.02. The van der Waals surface area contributed by atoms with Gasteiger partial charge in [-0.2, -0.15) is 5.26 Å². The van der Waals surface area contributed by atoms with Gasteiger partial charge >= 0.3 is 5.69 Å². The van der Waals surface area contributed by atoms with Crippen LogP contribution in [-0.4, -0.2) is 24.7 Å². The molecule has 0 amide bonds. The quantitative estimate of drug-likeness (QED) is 0.658. The number of hydrogen-bond donors (Lipinski definition) is 1. The maximum atomic E-state index is 11.1. The first kappa shape index (κ1) is 15.4. The van der Waals surface area contributed by atoms with Gasteiger partial charge in [-0.05, 0) is 6.07 Å². The van der Waals surface area contributed by atoms with Gasteiger partial charge in [0.1, 0.15) is 17.5 Å². The second-order valence-electron chi connectivity index (χ2n) is 4.97. The zero-order valence-corrected chi connectivity index (χ0v) is 12.4. The number of nitrogens with zero attached hydrogens (tertiary/aromatic N) is 6. The van der Waals surface area contributed by atoms with Gasteiger partial charge in [-0.25, -0.2) is 4.98 Å². The monoisotopic (exact) mass is 301 g/mol. The molecular weight excluding hydrogens is 286 g/mol. The van der Waals surface area contributed by atoms with E-state index < -0.39 is 4.92 Å². The summed E-state index contributed by atoms with van der Waals surface area (Å²) in [6.45, 7) is 4.23. The zero-order chi connectivity index (χ0) is 16.3. The average Bonchev–Trinajstić information content (AvgIpc) is 2.85. The molecule has 0 aromatic carbocycles. The van der Waals surface area contributed by atoms with Crippen LogP contribution >= 0.6 is 0 Å². The van der Waals surface area contributed by atoms with Crippen molar-refractivity contribution in [1.29, 1.82) is 5.26 Å². The molecule has 0 atom stereocenters. The van der Waals surface area contributed by atoms with Crippen LogP contribution in [0.5, 0.6) is 0 Å². The van der Waals surface area contributed by atoms with Gasteiger partial charge in [-0.1, -0.05) is 13.8 Å². The molecule has 114 valence electrons. The SMILES string of the molecule is CC(C)c1nnc(CNc2nccc(C#N)c2[N+](=O)[O-])n1C. The average molecular weight is 301 g/mol. The third kappa shape index (κ3) is 2.85. The summed E-state index contributed by atoms with van der Waals surface area (Å²) < 4.78 is 1.83. The van der Waals surface area contributed by atoms with Gasteiger partial charge in [0, 0.05) is 19.2 Å². The van der Waals surface area contributed by atoms with Gasteiger partial charge < -0.3 is 9.88 Å². The molecule has 0 unspecified atom stereocenters. The van der Waals surface area contributed by atoms with Crippen LogP contribution in [0.25, 0.3) is 0 Å². The predicted molar refractivity (Wildman–Crippen MR) is 78.0 cm³/mol. The lowest BCUT2D eigenvalue weighted by atomic mass is 10.2. The summed E-state index contributed by atoms with van der Waals surface area (Å²) in [7, 11) is 1.83. The predicted octanol–water partition coefficient (Wildman–Crippen LogP) is 1.73. The van der Waals surface area contributed by atoms with Crippen LogP contribution in [0.3, 0.4) is 0 Å². The molecule has 2 aromatic heterocycles. The molecule has 0 aliphatic carbocycles. The van der Waals surface area contributed by atoms with Crippen LogP contribution < -0.4 is 5.32 Å². The zero-order valence-electron chi connectivity index (χ0n) is 12.4. The molecule has 0 aliphatic rings. The summed E-state index contributed by atoms with van der Waals surface area (Å²) in [5.41, 5.74) is -0.375. The first-order valence-electron chi connectivity index (χ1n) is 6.61. The van der Waals surface area contributed by atoms with Crippen molar-refractivity contribution < 1.29 is 4.92 Å². The topological polar surface area (TPSA) is 123 Å². The normalized spacial score (nSPS) is 10.5. The molecule has 9 nitrogen and oxygen atoms in total. The number of anilines is 1. The molecule has 0 radical (unpaired) electrons. The van der Waals surface area contributed by atoms with E-state index in [2.05, 4.69) is 20.5 Å². The van der Waals surface area contributed by atoms with E-state index in [-0.39, 0.29) is 29.5 Å². The second kappa shape index (κ2) is 6.17. The lowest BCUT2D eigenvalue weighted by Crippen LogP contribution is -2.10. The van der Waals surface area contributed by atoms with Gasteiger partial charge in [-0.15, -0.1) is 10.2 Å². The first-order valence-corrected chi connectivity index (χ1v) is 6.61. The molecule has 0 saturated carbocycles. The maximum Gasteiger partial charge on any atom is 0.328 e. The lowest BCUT2D eigenvalue weighted by Gasteiger charge is -2.08. The minimum atomic E-state index is -0.621. The van der Waals surface area contributed by atoms with Crippen LogP contribution in [0.15, 0.2) is 12.3 Å². The number of hydrogen-bond acceptors (Lipinski definition) is 7. The Morgan fingerprint density at radius 3 is 2.77 bits per heavy atom. The third-order valence-corrected chi connectivity index (χ3v) is 3.16. The van der Waals surface area contributed by atoms with E-state index in [4.69, 9.17) is 5.26 Å². The lowest BCUT2D eigenvalue weighted by molar-refractivity contribution is -0.384. The highest BCUT2D eigenvalue weighted by Gasteiger charge is 2.21. The smallest absolute Gasteiger partial charge is 0.328 e. The standard InChI is InChI=1S/C13H15N7O2/c1-8(2)13-18-17-10(19(13)3)7-16-12-11(20(21)22)9(6-14)4-5-15-12/h4-5,8H,7H2,1-3H3,(H,15,16). The fourth-order valence-electron chi connectivity index (χ4n) is 2.05. The summed E-state index contributed by atoms with van der Waals surface area (Å²) in [6.07, 6.45) is 1.35. The molecule has 0 bridgehead atoms. The van der Waals surface area contributed by atoms with Gasteiger partial charge in [0.2, 0.25) is 5.82 Å². The molecule has 2 heterocycles. The van der Waals surface area contributed by atoms with Crippen molar-refractivity contribution in [3.05, 3.63) is 39.6 Å². The van der Waals surface area contributed by atoms with Gasteiger partial charge in [0.05, 0.1) is 11.5 Å². The summed E-state index contributed by atoms with van der Waals surface area (Å²) in [5, 5.41) is 31.1. The Kier molecular flexibility index (Phi) is 4.31. The summed E-state index contributed by atoms with van der Waals surface area (Å²) in [4.78, 5) is 14.4. The Balaban J connectivity index is 2.26. The number of nitrogens with one attached hydrogen (secondary N) is 1. The van der Waals surface area contributed by atoms with Crippen molar-refractivity contribution in [2.24, 2.45) is 7.05 Å². The van der Waals surface area contributed by atoms with Crippen molar-refractivity contribution in [1.82, 2.24) is 19.7 Å². The molecular formula is C13H15N7O2. The second-order valence-corrected chi connectivity index (χ2v) is 4.97. The van der Waals surface area contributed by atoms with Crippen LogP contribution in [0, 0.1) is 21.4 Å².